The van der Waals surface area contributed by atoms with Crippen LogP contribution in [0.2, 0.25) is 0 Å². The van der Waals surface area contributed by atoms with Gasteiger partial charge in [-0.05, 0) is 101 Å². The van der Waals surface area contributed by atoms with Crippen LogP contribution in [0.25, 0.3) is 6.08 Å². The zero-order valence-electron chi connectivity index (χ0n) is 29.2. The standard InChI is InChI=1S/C23H27NO.C8H10.C7H17N.C2H6/c1-15-10-8-9-11-22(15)12-16(2)19(5)20(6)24-17(3)13-23(21(7)25)14-18(24)4;1-2-8-6-4-3-5-7-8;1-3-5-6-7(8)4-2;1-2/h8-14H,3H2,1-2,4-7H3;3-7H,2H2,1H3;7H,3-6,8H2,1-2H3;1-2H3/b16-12+,20-19+;;;. The highest BCUT2D eigenvalue weighted by Gasteiger charge is 2.19. The monoisotopic (exact) mass is 584 g/mol. The van der Waals surface area contributed by atoms with Crippen molar-refractivity contribution in [3.05, 3.63) is 124 Å². The molecule has 1 aliphatic heterocycles. The van der Waals surface area contributed by atoms with Gasteiger partial charge in [0.1, 0.15) is 0 Å². The van der Waals surface area contributed by atoms with Crippen molar-refractivity contribution in [2.24, 2.45) is 5.73 Å². The first-order valence-corrected chi connectivity index (χ1v) is 16.1. The largest absolute Gasteiger partial charge is 0.328 e. The van der Waals surface area contributed by atoms with Crippen molar-refractivity contribution in [3.63, 3.8) is 0 Å². The van der Waals surface area contributed by atoms with Crippen molar-refractivity contribution in [3.8, 4) is 0 Å². The van der Waals surface area contributed by atoms with Crippen molar-refractivity contribution in [1.82, 2.24) is 4.90 Å². The minimum Gasteiger partial charge on any atom is -0.328 e. The highest BCUT2D eigenvalue weighted by Crippen LogP contribution is 2.30. The number of nitrogens with zero attached hydrogens (tertiary/aromatic N) is 1. The van der Waals surface area contributed by atoms with Gasteiger partial charge in [0.15, 0.2) is 5.78 Å². The van der Waals surface area contributed by atoms with E-state index < -0.39 is 0 Å². The molecule has 1 atom stereocenters. The van der Waals surface area contributed by atoms with E-state index in [1.54, 1.807) is 6.92 Å². The molecule has 43 heavy (non-hydrogen) atoms. The number of ketones is 1. The Morgan fingerprint density at radius 2 is 1.49 bits per heavy atom. The normalized spacial score (nSPS) is 13.9. The van der Waals surface area contributed by atoms with Crippen molar-refractivity contribution >= 4 is 11.9 Å². The third kappa shape index (κ3) is 14.5. The molecule has 1 aliphatic rings. The molecule has 0 saturated heterocycles. The van der Waals surface area contributed by atoms with E-state index in [9.17, 15) is 4.79 Å². The zero-order chi connectivity index (χ0) is 32.9. The van der Waals surface area contributed by atoms with E-state index in [1.807, 2.05) is 39.0 Å². The van der Waals surface area contributed by atoms with Crippen LogP contribution in [-0.2, 0) is 11.2 Å². The van der Waals surface area contributed by atoms with Gasteiger partial charge in [-0.25, -0.2) is 0 Å². The number of hydrogen-bond acceptors (Lipinski definition) is 3. The molecule has 0 saturated carbocycles. The molecular formula is C40H60N2O. The van der Waals surface area contributed by atoms with Crippen molar-refractivity contribution in [2.75, 3.05) is 0 Å². The predicted molar refractivity (Wildman–Crippen MR) is 192 cm³/mol. The number of allylic oxidation sites excluding steroid dienone is 7. The summed E-state index contributed by atoms with van der Waals surface area (Å²) in [7, 11) is 0. The van der Waals surface area contributed by atoms with Gasteiger partial charge in [0, 0.05) is 28.7 Å². The minimum atomic E-state index is 0.0640. The van der Waals surface area contributed by atoms with Gasteiger partial charge in [-0.15, -0.1) is 0 Å². The van der Waals surface area contributed by atoms with Crippen molar-refractivity contribution in [2.45, 2.75) is 114 Å². The molecular weight excluding hydrogens is 524 g/mol. The van der Waals surface area contributed by atoms with Crippen LogP contribution in [0.4, 0.5) is 0 Å². The molecule has 2 N–H and O–H groups in total. The van der Waals surface area contributed by atoms with Crippen LogP contribution in [0.15, 0.2) is 107 Å². The molecule has 0 bridgehead atoms. The first-order valence-electron chi connectivity index (χ1n) is 16.1. The van der Waals surface area contributed by atoms with E-state index in [4.69, 9.17) is 5.73 Å². The lowest BCUT2D eigenvalue weighted by molar-refractivity contribution is -0.113. The molecule has 2 aromatic rings. The number of aryl methyl sites for hydroxylation is 2. The average molecular weight is 585 g/mol. The molecule has 0 aromatic heterocycles. The highest BCUT2D eigenvalue weighted by atomic mass is 16.1. The fourth-order valence-corrected chi connectivity index (χ4v) is 4.41. The smallest absolute Gasteiger partial charge is 0.159 e. The summed E-state index contributed by atoms with van der Waals surface area (Å²) in [6.07, 6.45) is 12.0. The van der Waals surface area contributed by atoms with Gasteiger partial charge >= 0.3 is 0 Å². The van der Waals surface area contributed by atoms with E-state index in [0.717, 1.165) is 29.9 Å². The van der Waals surface area contributed by atoms with Gasteiger partial charge < -0.3 is 10.6 Å². The molecule has 1 heterocycles. The number of rotatable bonds is 9. The summed E-state index contributed by atoms with van der Waals surface area (Å²) in [5.41, 5.74) is 15.7. The molecule has 236 valence electrons. The van der Waals surface area contributed by atoms with Crippen LogP contribution in [0, 0.1) is 6.92 Å². The lowest BCUT2D eigenvalue weighted by Gasteiger charge is -2.31. The first-order chi connectivity index (χ1) is 20.5. The number of benzene rings is 2. The molecule has 0 amide bonds. The number of Topliss-reactive ketones (excluding diaryl/α,β-unsaturated/α-hetero) is 1. The third-order valence-corrected chi connectivity index (χ3v) is 7.47. The molecule has 0 aliphatic carbocycles. The molecule has 3 nitrogen and oxygen atoms in total. The maximum absolute atomic E-state index is 11.7. The number of carbonyl (C=O) groups is 1. The highest BCUT2D eigenvalue weighted by molar-refractivity contribution is 5.97. The summed E-state index contributed by atoms with van der Waals surface area (Å²) >= 11 is 0. The Bertz CT molecular complexity index is 1240. The molecule has 1 unspecified atom stereocenters. The van der Waals surface area contributed by atoms with Crippen LogP contribution in [0.5, 0.6) is 0 Å². The third-order valence-electron chi connectivity index (χ3n) is 7.47. The van der Waals surface area contributed by atoms with Gasteiger partial charge in [-0.1, -0.05) is 115 Å². The summed E-state index contributed by atoms with van der Waals surface area (Å²) < 4.78 is 0. The summed E-state index contributed by atoms with van der Waals surface area (Å²) in [4.78, 5) is 13.8. The van der Waals surface area contributed by atoms with Gasteiger partial charge in [0.05, 0.1) is 0 Å². The Morgan fingerprint density at radius 3 is 1.95 bits per heavy atom. The number of nitrogens with two attached hydrogens (primary N) is 1. The lowest BCUT2D eigenvalue weighted by atomic mass is 9.99. The van der Waals surface area contributed by atoms with Crippen LogP contribution >= 0.6 is 0 Å². The Morgan fingerprint density at radius 1 is 0.907 bits per heavy atom. The summed E-state index contributed by atoms with van der Waals surface area (Å²) in [6, 6.07) is 19.3. The maximum atomic E-state index is 11.7. The minimum absolute atomic E-state index is 0.0640. The Balaban J connectivity index is 0.000000797. The number of unbranched alkanes of at least 4 members (excludes halogenated alkanes) is 1. The molecule has 0 fully saturated rings. The summed E-state index contributed by atoms with van der Waals surface area (Å²) in [5, 5.41) is 0. The van der Waals surface area contributed by atoms with Crippen LogP contribution in [0.1, 0.15) is 112 Å². The van der Waals surface area contributed by atoms with Crippen LogP contribution in [0.3, 0.4) is 0 Å². The van der Waals surface area contributed by atoms with E-state index in [0.29, 0.717) is 11.6 Å². The van der Waals surface area contributed by atoms with Crippen LogP contribution < -0.4 is 5.73 Å². The number of carbonyl (C=O) groups excluding carboxylic acids is 1. The second-order valence-corrected chi connectivity index (χ2v) is 10.8. The van der Waals surface area contributed by atoms with Gasteiger partial charge in [0.2, 0.25) is 0 Å². The summed E-state index contributed by atoms with van der Waals surface area (Å²) in [5.74, 6) is 0.0640. The van der Waals surface area contributed by atoms with Crippen molar-refractivity contribution < 1.29 is 4.79 Å². The van der Waals surface area contributed by atoms with E-state index in [1.165, 1.54) is 47.1 Å². The number of hydrogen-bond donors (Lipinski definition) is 1. The van der Waals surface area contributed by atoms with E-state index >= 15 is 0 Å². The topological polar surface area (TPSA) is 46.3 Å². The maximum Gasteiger partial charge on any atom is 0.159 e. The predicted octanol–water partition coefficient (Wildman–Crippen LogP) is 11.1. The fraction of sp³-hybridized carbons (Fsp3) is 0.425. The van der Waals surface area contributed by atoms with E-state index in [2.05, 4.69) is 115 Å². The Kier molecular flexibility index (Phi) is 20.4. The Labute approximate surface area is 265 Å². The molecule has 3 rings (SSSR count). The van der Waals surface area contributed by atoms with Crippen LogP contribution in [-0.4, -0.2) is 16.7 Å². The zero-order valence-corrected chi connectivity index (χ0v) is 29.2. The van der Waals surface area contributed by atoms with E-state index in [-0.39, 0.29) is 5.78 Å². The van der Waals surface area contributed by atoms with Crippen molar-refractivity contribution in [1.29, 1.82) is 0 Å². The summed E-state index contributed by atoms with van der Waals surface area (Å²) in [6.45, 7) is 26.7. The second-order valence-electron chi connectivity index (χ2n) is 10.8. The van der Waals surface area contributed by atoms with Gasteiger partial charge in [-0.3, -0.25) is 4.79 Å². The SMILES string of the molecule is C=C1C=C(C(C)=O)C=C(C)N1/C(C)=C(C)/C(C)=C/c1ccccc1C.CC.CCCCC(N)CC.CCc1ccccc1. The fourth-order valence-electron chi connectivity index (χ4n) is 4.41. The molecule has 0 radical (unpaired) electrons. The van der Waals surface area contributed by atoms with Gasteiger partial charge in [-0.2, -0.15) is 0 Å². The Hall–Kier alpha value is -3.43. The quantitative estimate of drug-likeness (QED) is 0.298. The molecule has 2 aromatic carbocycles. The second kappa shape index (κ2) is 22.2. The average Bonchev–Trinajstić information content (AvgIpc) is 3.02. The van der Waals surface area contributed by atoms with Gasteiger partial charge in [0.25, 0.3) is 0 Å². The first kappa shape index (κ1) is 39.6. The lowest BCUT2D eigenvalue weighted by Crippen LogP contribution is -2.22. The molecule has 3 heteroatoms. The molecule has 0 spiro atoms.